The minimum Gasteiger partial charge on any atom is -0.368 e. The van der Waals surface area contributed by atoms with Crippen molar-refractivity contribution in [3.8, 4) is 0 Å². The molecule has 0 heterocycles. The molecule has 0 radical (unpaired) electrons. The van der Waals surface area contributed by atoms with E-state index in [2.05, 4.69) is 15.9 Å². The van der Waals surface area contributed by atoms with Gasteiger partial charge in [-0.25, -0.2) is 0 Å². The van der Waals surface area contributed by atoms with E-state index in [4.69, 9.17) is 17.3 Å². The second-order valence-corrected chi connectivity index (χ2v) is 4.76. The van der Waals surface area contributed by atoms with Crippen LogP contribution < -0.4 is 5.73 Å². The summed E-state index contributed by atoms with van der Waals surface area (Å²) in [4.78, 5) is 10.7. The lowest BCUT2D eigenvalue weighted by Gasteiger charge is -2.12. The summed E-state index contributed by atoms with van der Waals surface area (Å²) >= 11 is 8.71. The molecule has 2 nitrogen and oxygen atoms in total. The van der Waals surface area contributed by atoms with E-state index in [1.807, 2.05) is 0 Å². The molecule has 0 bridgehead atoms. The highest BCUT2D eigenvalue weighted by molar-refractivity contribution is 9.10. The van der Waals surface area contributed by atoms with Gasteiger partial charge < -0.3 is 5.73 Å². The number of amides is 1. The predicted molar refractivity (Wildman–Crippen MR) is 61.7 cm³/mol. The van der Waals surface area contributed by atoms with Crippen molar-refractivity contribution in [1.82, 2.24) is 0 Å². The predicted octanol–water partition coefficient (Wildman–Crippen LogP) is 3.10. The Bertz CT molecular complexity index is 436. The third-order valence-electron chi connectivity index (χ3n) is 2.08. The largest absolute Gasteiger partial charge is 0.416 e. The van der Waals surface area contributed by atoms with E-state index in [9.17, 15) is 18.0 Å². The molecular formula is C10H8BrClF3NO. The summed E-state index contributed by atoms with van der Waals surface area (Å²) in [5, 5.41) is -1.03. The van der Waals surface area contributed by atoms with E-state index in [1.165, 1.54) is 6.07 Å². The van der Waals surface area contributed by atoms with Gasteiger partial charge >= 0.3 is 6.18 Å². The number of benzene rings is 1. The highest BCUT2D eigenvalue weighted by atomic mass is 79.9. The van der Waals surface area contributed by atoms with Gasteiger partial charge in [0, 0.05) is 4.47 Å². The molecule has 17 heavy (non-hydrogen) atoms. The lowest BCUT2D eigenvalue weighted by Crippen LogP contribution is -2.25. The van der Waals surface area contributed by atoms with Crippen molar-refractivity contribution in [2.75, 3.05) is 0 Å². The van der Waals surface area contributed by atoms with Crippen molar-refractivity contribution in [2.24, 2.45) is 5.73 Å². The fourth-order valence-electron chi connectivity index (χ4n) is 1.20. The van der Waals surface area contributed by atoms with Gasteiger partial charge in [0.05, 0.1) is 5.56 Å². The summed E-state index contributed by atoms with van der Waals surface area (Å²) in [6.07, 6.45) is -4.48. The number of alkyl halides is 4. The van der Waals surface area contributed by atoms with Crippen LogP contribution in [0.3, 0.4) is 0 Å². The molecule has 0 fully saturated rings. The van der Waals surface area contributed by atoms with Crippen molar-refractivity contribution >= 4 is 33.4 Å². The first-order valence-electron chi connectivity index (χ1n) is 4.51. The maximum Gasteiger partial charge on any atom is 0.416 e. The van der Waals surface area contributed by atoms with E-state index in [0.717, 1.165) is 12.1 Å². The number of rotatable bonds is 3. The molecule has 0 spiro atoms. The Labute approximate surface area is 109 Å². The van der Waals surface area contributed by atoms with Crippen molar-refractivity contribution < 1.29 is 18.0 Å². The third kappa shape index (κ3) is 3.89. The number of hydrogen-bond donors (Lipinski definition) is 1. The van der Waals surface area contributed by atoms with Gasteiger partial charge in [0.1, 0.15) is 5.38 Å². The third-order valence-corrected chi connectivity index (χ3v) is 3.22. The first kappa shape index (κ1) is 14.3. The second-order valence-electron chi connectivity index (χ2n) is 3.38. The average Bonchev–Trinajstić information content (AvgIpc) is 2.19. The fraction of sp³-hybridized carbons (Fsp3) is 0.300. The van der Waals surface area contributed by atoms with Gasteiger partial charge in [-0.3, -0.25) is 4.79 Å². The van der Waals surface area contributed by atoms with Gasteiger partial charge in [-0.2, -0.15) is 13.2 Å². The summed E-state index contributed by atoms with van der Waals surface area (Å²) in [6, 6.07) is 3.16. The standard InChI is InChI=1S/C10H8BrClF3NO/c11-7-2-1-6(10(13,14)15)3-5(7)4-8(12)9(16)17/h1-3,8H,4H2,(H2,16,17). The van der Waals surface area contributed by atoms with E-state index < -0.39 is 23.0 Å². The summed E-state index contributed by atoms with van der Waals surface area (Å²) in [5.41, 5.74) is 4.45. The Balaban J connectivity index is 3.03. The Kier molecular flexibility index (Phi) is 4.43. The Morgan fingerprint density at radius 1 is 1.47 bits per heavy atom. The Morgan fingerprint density at radius 2 is 2.06 bits per heavy atom. The summed E-state index contributed by atoms with van der Waals surface area (Å²) < 4.78 is 37.8. The fourth-order valence-corrected chi connectivity index (χ4v) is 1.78. The van der Waals surface area contributed by atoms with E-state index in [1.54, 1.807) is 0 Å². The van der Waals surface area contributed by atoms with E-state index >= 15 is 0 Å². The average molecular weight is 331 g/mol. The van der Waals surface area contributed by atoms with Crippen LogP contribution in [0.5, 0.6) is 0 Å². The summed E-state index contributed by atoms with van der Waals surface area (Å²) in [5.74, 6) is -0.768. The topological polar surface area (TPSA) is 43.1 Å². The van der Waals surface area contributed by atoms with Crippen LogP contribution in [-0.4, -0.2) is 11.3 Å². The molecule has 94 valence electrons. The van der Waals surface area contributed by atoms with Crippen LogP contribution in [0, 0.1) is 0 Å². The molecule has 0 aromatic heterocycles. The number of carbonyl (C=O) groups is 1. The van der Waals surface area contributed by atoms with Crippen molar-refractivity contribution in [2.45, 2.75) is 18.0 Å². The molecule has 0 aliphatic heterocycles. The number of halogens is 5. The lowest BCUT2D eigenvalue weighted by molar-refractivity contribution is -0.137. The van der Waals surface area contributed by atoms with Crippen molar-refractivity contribution in [3.63, 3.8) is 0 Å². The van der Waals surface area contributed by atoms with Crippen molar-refractivity contribution in [1.29, 1.82) is 0 Å². The van der Waals surface area contributed by atoms with Gasteiger partial charge in [0.25, 0.3) is 0 Å². The molecular weight excluding hydrogens is 322 g/mol. The van der Waals surface area contributed by atoms with Crippen molar-refractivity contribution in [3.05, 3.63) is 33.8 Å². The summed E-state index contributed by atoms with van der Waals surface area (Å²) in [7, 11) is 0. The van der Waals surface area contributed by atoms with Crippen LogP contribution in [0.25, 0.3) is 0 Å². The quantitative estimate of drug-likeness (QED) is 0.850. The van der Waals surface area contributed by atoms with Crippen LogP contribution in [-0.2, 0) is 17.4 Å². The Morgan fingerprint density at radius 3 is 2.53 bits per heavy atom. The zero-order valence-corrected chi connectivity index (χ0v) is 10.7. The number of nitrogens with two attached hydrogens (primary N) is 1. The van der Waals surface area contributed by atoms with Crippen LogP contribution in [0.4, 0.5) is 13.2 Å². The number of primary amides is 1. The molecule has 0 aliphatic rings. The van der Waals surface area contributed by atoms with Gasteiger partial charge in [-0.05, 0) is 30.2 Å². The van der Waals surface area contributed by atoms with Gasteiger partial charge in [0.15, 0.2) is 0 Å². The van der Waals surface area contributed by atoms with Crippen LogP contribution in [0.15, 0.2) is 22.7 Å². The molecule has 1 aromatic rings. The van der Waals surface area contributed by atoms with Crippen LogP contribution >= 0.6 is 27.5 Å². The van der Waals surface area contributed by atoms with Gasteiger partial charge in [0.2, 0.25) is 5.91 Å². The molecule has 1 amide bonds. The van der Waals surface area contributed by atoms with E-state index in [-0.39, 0.29) is 6.42 Å². The number of carbonyl (C=O) groups excluding carboxylic acids is 1. The zero-order valence-electron chi connectivity index (χ0n) is 8.39. The second kappa shape index (κ2) is 5.27. The molecule has 0 saturated heterocycles. The normalized spacial score (nSPS) is 13.5. The molecule has 1 rings (SSSR count). The molecule has 2 N–H and O–H groups in total. The maximum absolute atomic E-state index is 12.5. The monoisotopic (exact) mass is 329 g/mol. The number of hydrogen-bond acceptors (Lipinski definition) is 1. The smallest absolute Gasteiger partial charge is 0.368 e. The minimum absolute atomic E-state index is 0.0542. The van der Waals surface area contributed by atoms with Crippen LogP contribution in [0.1, 0.15) is 11.1 Å². The van der Waals surface area contributed by atoms with E-state index in [0.29, 0.717) is 10.0 Å². The molecule has 1 unspecified atom stereocenters. The van der Waals surface area contributed by atoms with Gasteiger partial charge in [-0.1, -0.05) is 15.9 Å². The molecule has 1 atom stereocenters. The molecule has 1 aromatic carbocycles. The minimum atomic E-state index is -4.43. The van der Waals surface area contributed by atoms with Gasteiger partial charge in [-0.15, -0.1) is 11.6 Å². The SMILES string of the molecule is NC(=O)C(Cl)Cc1cc(C(F)(F)F)ccc1Br. The Hall–Kier alpha value is -0.750. The zero-order chi connectivity index (χ0) is 13.2. The highest BCUT2D eigenvalue weighted by Gasteiger charge is 2.31. The molecule has 0 saturated carbocycles. The first-order chi connectivity index (χ1) is 7.71. The lowest BCUT2D eigenvalue weighted by atomic mass is 10.1. The maximum atomic E-state index is 12.5. The molecule has 7 heteroatoms. The summed E-state index contributed by atoms with van der Waals surface area (Å²) in [6.45, 7) is 0. The molecule has 0 aliphatic carbocycles. The highest BCUT2D eigenvalue weighted by Crippen LogP contribution is 2.32. The van der Waals surface area contributed by atoms with Crippen LogP contribution in [0.2, 0.25) is 0 Å². The first-order valence-corrected chi connectivity index (χ1v) is 5.73.